The van der Waals surface area contributed by atoms with Crippen molar-refractivity contribution in [2.24, 2.45) is 5.73 Å². The van der Waals surface area contributed by atoms with Gasteiger partial charge in [0.15, 0.2) is 6.10 Å². The van der Waals surface area contributed by atoms with E-state index in [1.54, 1.807) is 0 Å². The normalized spacial score (nSPS) is 14.1. The van der Waals surface area contributed by atoms with Crippen molar-refractivity contribution < 1.29 is 37.6 Å². The Kier molecular flexibility index (Phi) is 37.3. The lowest BCUT2D eigenvalue weighted by molar-refractivity contribution is -0.161. The van der Waals surface area contributed by atoms with Crippen molar-refractivity contribution in [3.63, 3.8) is 0 Å². The van der Waals surface area contributed by atoms with Crippen LogP contribution in [0.2, 0.25) is 0 Å². The number of carbonyl (C=O) groups excluding carboxylic acids is 2. The quantitative estimate of drug-likeness (QED) is 0.0274. The van der Waals surface area contributed by atoms with E-state index >= 15 is 0 Å². The molecule has 0 aliphatic rings. The first-order valence-electron chi connectivity index (χ1n) is 20.4. The summed E-state index contributed by atoms with van der Waals surface area (Å²) in [5.74, 6) is -0.918. The van der Waals surface area contributed by atoms with Gasteiger partial charge in [-0.2, -0.15) is 0 Å². The predicted octanol–water partition coefficient (Wildman–Crippen LogP) is 11.5. The first kappa shape index (κ1) is 50.5. The third kappa shape index (κ3) is 39.0. The lowest BCUT2D eigenvalue weighted by Gasteiger charge is -2.19. The largest absolute Gasteiger partial charge is 0.472 e. The number of hydrogen-bond donors (Lipinski definition) is 2. The predicted molar refractivity (Wildman–Crippen MR) is 219 cm³/mol. The van der Waals surface area contributed by atoms with E-state index in [-0.39, 0.29) is 32.6 Å². The van der Waals surface area contributed by atoms with Gasteiger partial charge in [0.1, 0.15) is 6.61 Å². The SMILES string of the molecule is CCCCC/C=C/C/C=C/C/C=C/C/C=C/CCCC(=O)OC[C@H](COP(=O)(O)OCCN)OC(=O)CCCCCCC/C=C/C/C=C/CCCCC. The number of phosphoric ester groups is 1. The number of nitrogens with two attached hydrogens (primary N) is 1. The second-order valence-corrected chi connectivity index (χ2v) is 14.6. The highest BCUT2D eigenvalue weighted by Gasteiger charge is 2.25. The molecule has 0 radical (unpaired) electrons. The van der Waals surface area contributed by atoms with Crippen molar-refractivity contribution in [2.75, 3.05) is 26.4 Å². The van der Waals surface area contributed by atoms with Crippen LogP contribution in [0.1, 0.15) is 155 Å². The molecule has 0 saturated heterocycles. The van der Waals surface area contributed by atoms with Crippen molar-refractivity contribution >= 4 is 19.8 Å². The first-order chi connectivity index (χ1) is 25.8. The van der Waals surface area contributed by atoms with Crippen LogP contribution in [-0.4, -0.2) is 49.3 Å². The van der Waals surface area contributed by atoms with Gasteiger partial charge in [-0.15, -0.1) is 0 Å². The zero-order valence-electron chi connectivity index (χ0n) is 33.2. The van der Waals surface area contributed by atoms with E-state index < -0.39 is 32.5 Å². The van der Waals surface area contributed by atoms with E-state index in [4.69, 9.17) is 24.3 Å². The van der Waals surface area contributed by atoms with Crippen molar-refractivity contribution in [1.29, 1.82) is 0 Å². The molecule has 0 bridgehead atoms. The summed E-state index contributed by atoms with van der Waals surface area (Å²) in [4.78, 5) is 34.8. The van der Waals surface area contributed by atoms with Gasteiger partial charge in [-0.3, -0.25) is 18.6 Å². The highest BCUT2D eigenvalue weighted by molar-refractivity contribution is 7.47. The smallest absolute Gasteiger partial charge is 0.462 e. The molecule has 0 aliphatic carbocycles. The van der Waals surface area contributed by atoms with Crippen LogP contribution in [0.3, 0.4) is 0 Å². The fraction of sp³-hybridized carbons (Fsp3) is 0.674. The minimum absolute atomic E-state index is 0.0402. The molecule has 10 heteroatoms. The molecule has 2 atom stereocenters. The molecule has 0 spiro atoms. The second-order valence-electron chi connectivity index (χ2n) is 13.1. The average molecular weight is 764 g/mol. The summed E-state index contributed by atoms with van der Waals surface area (Å²) in [5.41, 5.74) is 5.33. The lowest BCUT2D eigenvalue weighted by atomic mass is 10.1. The van der Waals surface area contributed by atoms with E-state index in [0.717, 1.165) is 64.2 Å². The van der Waals surface area contributed by atoms with Gasteiger partial charge in [-0.1, -0.05) is 132 Å². The Bertz CT molecular complexity index is 1100. The van der Waals surface area contributed by atoms with Crippen molar-refractivity contribution in [2.45, 2.75) is 161 Å². The number of rotatable bonds is 37. The van der Waals surface area contributed by atoms with Gasteiger partial charge >= 0.3 is 19.8 Å². The van der Waals surface area contributed by atoms with Gasteiger partial charge in [0, 0.05) is 19.4 Å². The minimum atomic E-state index is -4.39. The van der Waals surface area contributed by atoms with Crippen LogP contribution in [0.4, 0.5) is 0 Å². The van der Waals surface area contributed by atoms with E-state index in [2.05, 4.69) is 80.7 Å². The summed E-state index contributed by atoms with van der Waals surface area (Å²) >= 11 is 0. The summed E-state index contributed by atoms with van der Waals surface area (Å²) in [6.45, 7) is 3.57. The van der Waals surface area contributed by atoms with Crippen molar-refractivity contribution in [1.82, 2.24) is 0 Å². The zero-order valence-corrected chi connectivity index (χ0v) is 34.1. The molecular weight excluding hydrogens is 689 g/mol. The maximum atomic E-state index is 12.5. The van der Waals surface area contributed by atoms with Gasteiger partial charge in [-0.05, 0) is 83.5 Å². The molecule has 0 aromatic rings. The molecule has 0 amide bonds. The van der Waals surface area contributed by atoms with E-state index in [9.17, 15) is 19.0 Å². The monoisotopic (exact) mass is 764 g/mol. The molecule has 3 N–H and O–H groups in total. The molecule has 0 heterocycles. The Labute approximate surface area is 322 Å². The summed E-state index contributed by atoms with van der Waals surface area (Å²) in [5, 5.41) is 0. The molecular formula is C43H74NO8P. The molecule has 304 valence electrons. The average Bonchev–Trinajstić information content (AvgIpc) is 3.14. The Morgan fingerprint density at radius 1 is 0.566 bits per heavy atom. The molecule has 0 aromatic heterocycles. The minimum Gasteiger partial charge on any atom is -0.462 e. The number of esters is 2. The Hall–Kier alpha value is -2.55. The lowest BCUT2D eigenvalue weighted by Crippen LogP contribution is -2.29. The van der Waals surface area contributed by atoms with Gasteiger partial charge < -0.3 is 20.1 Å². The van der Waals surface area contributed by atoms with E-state index in [1.807, 2.05) is 6.08 Å². The molecule has 0 aliphatic heterocycles. The molecule has 0 fully saturated rings. The van der Waals surface area contributed by atoms with Crippen LogP contribution in [0, 0.1) is 0 Å². The number of hydrogen-bond acceptors (Lipinski definition) is 8. The van der Waals surface area contributed by atoms with Crippen LogP contribution < -0.4 is 5.73 Å². The molecule has 0 aromatic carbocycles. The third-order valence-electron chi connectivity index (χ3n) is 8.06. The van der Waals surface area contributed by atoms with E-state index in [1.165, 1.54) is 51.4 Å². The number of unbranched alkanes of at least 4 members (excludes halogenated alkanes) is 12. The third-order valence-corrected chi connectivity index (χ3v) is 9.05. The summed E-state index contributed by atoms with van der Waals surface area (Å²) in [6, 6.07) is 0. The number of allylic oxidation sites excluding steroid dienone is 12. The number of carbonyl (C=O) groups is 2. The first-order valence-corrected chi connectivity index (χ1v) is 21.9. The summed E-state index contributed by atoms with van der Waals surface area (Å²) in [7, 11) is -4.39. The van der Waals surface area contributed by atoms with Crippen LogP contribution in [-0.2, 0) is 32.7 Å². The molecule has 9 nitrogen and oxygen atoms in total. The molecule has 0 saturated carbocycles. The van der Waals surface area contributed by atoms with Gasteiger partial charge in [-0.25, -0.2) is 4.57 Å². The zero-order chi connectivity index (χ0) is 38.9. The molecule has 0 rings (SSSR count). The number of phosphoric acid groups is 1. The topological polar surface area (TPSA) is 134 Å². The second kappa shape index (κ2) is 39.2. The Morgan fingerprint density at radius 2 is 1.00 bits per heavy atom. The van der Waals surface area contributed by atoms with Crippen LogP contribution in [0.5, 0.6) is 0 Å². The fourth-order valence-corrected chi connectivity index (χ4v) is 5.77. The van der Waals surface area contributed by atoms with Gasteiger partial charge in [0.05, 0.1) is 13.2 Å². The maximum Gasteiger partial charge on any atom is 0.472 e. The summed E-state index contributed by atoms with van der Waals surface area (Å²) < 4.78 is 32.6. The summed E-state index contributed by atoms with van der Waals surface area (Å²) in [6.07, 6.45) is 46.5. The Balaban J connectivity index is 4.33. The standard InChI is InChI=1S/C43H74NO8P/c1-3-5-7-9-11-13-15-17-19-20-22-23-25-27-29-31-33-35-42(45)49-39-41(40-51-53(47,48)50-38-37-44)52-43(46)36-34-32-30-28-26-24-21-18-16-14-12-10-8-6-4-2/h11-14,17-19,21-23,27,29,41H,3-10,15-16,20,24-26,28,30-40,44H2,1-2H3,(H,47,48)/b13-11+,14-12+,19-17+,21-18+,23-22+,29-27+/t41-/m1/s1. The van der Waals surface area contributed by atoms with E-state index in [0.29, 0.717) is 12.8 Å². The van der Waals surface area contributed by atoms with Gasteiger partial charge in [0.25, 0.3) is 0 Å². The van der Waals surface area contributed by atoms with Crippen LogP contribution in [0.15, 0.2) is 72.9 Å². The van der Waals surface area contributed by atoms with Crippen LogP contribution in [0.25, 0.3) is 0 Å². The van der Waals surface area contributed by atoms with Crippen molar-refractivity contribution in [3.8, 4) is 0 Å². The fourth-order valence-electron chi connectivity index (χ4n) is 5.01. The van der Waals surface area contributed by atoms with Crippen molar-refractivity contribution in [3.05, 3.63) is 72.9 Å². The highest BCUT2D eigenvalue weighted by atomic mass is 31.2. The molecule has 53 heavy (non-hydrogen) atoms. The molecule has 1 unspecified atom stereocenters. The Morgan fingerprint density at radius 3 is 1.51 bits per heavy atom. The maximum absolute atomic E-state index is 12.5. The van der Waals surface area contributed by atoms with Crippen LogP contribution >= 0.6 is 7.82 Å². The van der Waals surface area contributed by atoms with Gasteiger partial charge in [0.2, 0.25) is 0 Å². The highest BCUT2D eigenvalue weighted by Crippen LogP contribution is 2.43. The number of ether oxygens (including phenoxy) is 2.